The summed E-state index contributed by atoms with van der Waals surface area (Å²) in [6, 6.07) is 6.39. The van der Waals surface area contributed by atoms with Crippen LogP contribution in [0.15, 0.2) is 24.3 Å². The summed E-state index contributed by atoms with van der Waals surface area (Å²) in [4.78, 5) is 43.3. The highest BCUT2D eigenvalue weighted by Crippen LogP contribution is 2.48. The number of nitrogens with two attached hydrogens (primary N) is 1. The molecule has 0 unspecified atom stereocenters. The number of hydrogen-bond donors (Lipinski definition) is 1. The summed E-state index contributed by atoms with van der Waals surface area (Å²) < 4.78 is 38.3. The van der Waals surface area contributed by atoms with Crippen LogP contribution in [-0.4, -0.2) is 84.5 Å². The van der Waals surface area contributed by atoms with Gasteiger partial charge in [-0.15, -0.1) is 0 Å². The maximum atomic E-state index is 14.0. The average molecular weight is 586 g/mol. The number of halogens is 3. The molecule has 2 aliphatic rings. The van der Waals surface area contributed by atoms with Crippen molar-refractivity contribution in [3.8, 4) is 0 Å². The molecule has 0 radical (unpaired) electrons. The summed E-state index contributed by atoms with van der Waals surface area (Å²) in [5.41, 5.74) is 5.45. The smallest absolute Gasteiger partial charge is 0.307 e. The molecule has 0 spiro atoms. The van der Waals surface area contributed by atoms with Gasteiger partial charge in [0.25, 0.3) is 0 Å². The van der Waals surface area contributed by atoms with Crippen LogP contribution >= 0.6 is 11.6 Å². The number of esters is 1. The van der Waals surface area contributed by atoms with E-state index in [9.17, 15) is 23.2 Å². The lowest BCUT2D eigenvalue weighted by atomic mass is 9.71. The molecular weight excluding hydrogens is 544 g/mol. The highest BCUT2D eigenvalue weighted by molar-refractivity contribution is 6.30. The third kappa shape index (κ3) is 8.13. The molecule has 1 aliphatic heterocycles. The Morgan fingerprint density at radius 3 is 2.38 bits per heavy atom. The highest BCUT2D eigenvalue weighted by atomic mass is 35.5. The first-order chi connectivity index (χ1) is 18.6. The van der Waals surface area contributed by atoms with Gasteiger partial charge in [0, 0.05) is 45.1 Å². The lowest BCUT2D eigenvalue weighted by molar-refractivity contribution is -0.170. The molecule has 8 nitrogen and oxygen atoms in total. The molecule has 0 aromatic heterocycles. The number of likely N-dealkylation sites (N-methyl/N-ethyl adjacent to an activating group) is 1. The summed E-state index contributed by atoms with van der Waals surface area (Å²) in [5, 5.41) is 0.576. The zero-order chi connectivity index (χ0) is 29.9. The second-order valence-corrected chi connectivity index (χ2v) is 12.7. The van der Waals surface area contributed by atoms with E-state index in [0.29, 0.717) is 30.8 Å². The van der Waals surface area contributed by atoms with Crippen LogP contribution in [0.5, 0.6) is 0 Å². The summed E-state index contributed by atoms with van der Waals surface area (Å²) >= 11 is 6.09. The number of benzene rings is 1. The van der Waals surface area contributed by atoms with E-state index >= 15 is 0 Å². The van der Waals surface area contributed by atoms with Crippen molar-refractivity contribution >= 4 is 29.4 Å². The van der Waals surface area contributed by atoms with Crippen LogP contribution in [0.4, 0.5) is 8.78 Å². The number of carbonyl (C=O) groups excluding carboxylic acids is 3. The van der Waals surface area contributed by atoms with Gasteiger partial charge < -0.3 is 25.0 Å². The van der Waals surface area contributed by atoms with Gasteiger partial charge in [-0.3, -0.25) is 14.4 Å². The summed E-state index contributed by atoms with van der Waals surface area (Å²) in [7, 11) is 3.14. The van der Waals surface area contributed by atoms with Crippen LogP contribution in [0.1, 0.15) is 58.4 Å². The van der Waals surface area contributed by atoms with Gasteiger partial charge in [0.05, 0.1) is 24.5 Å². The van der Waals surface area contributed by atoms with Gasteiger partial charge in [-0.1, -0.05) is 23.7 Å². The minimum Gasteiger partial charge on any atom is -0.460 e. The number of rotatable bonds is 10. The van der Waals surface area contributed by atoms with E-state index < -0.39 is 53.8 Å². The number of piperidine rings is 1. The minimum absolute atomic E-state index is 0.0384. The van der Waals surface area contributed by atoms with Crippen molar-refractivity contribution in [1.29, 1.82) is 0 Å². The van der Waals surface area contributed by atoms with Crippen molar-refractivity contribution in [2.24, 2.45) is 17.6 Å². The van der Waals surface area contributed by atoms with Crippen molar-refractivity contribution in [2.75, 3.05) is 33.9 Å². The Kier molecular flexibility index (Phi) is 10.2. The van der Waals surface area contributed by atoms with Crippen molar-refractivity contribution < 1.29 is 32.6 Å². The molecule has 2 amide bonds. The topological polar surface area (TPSA) is 102 Å². The molecular formula is C29H42ClF2N3O5. The van der Waals surface area contributed by atoms with E-state index in [1.54, 1.807) is 49.8 Å². The van der Waals surface area contributed by atoms with Gasteiger partial charge >= 0.3 is 5.97 Å². The first-order valence-corrected chi connectivity index (χ1v) is 14.1. The van der Waals surface area contributed by atoms with Gasteiger partial charge in [-0.05, 0) is 63.6 Å². The lowest BCUT2D eigenvalue weighted by Gasteiger charge is -2.50. The number of carbonyl (C=O) groups is 3. The van der Waals surface area contributed by atoms with Gasteiger partial charge in [-0.25, -0.2) is 8.78 Å². The molecule has 2 N–H and O–H groups in total. The van der Waals surface area contributed by atoms with Crippen molar-refractivity contribution in [3.63, 3.8) is 0 Å². The Balaban J connectivity index is 1.90. The quantitative estimate of drug-likeness (QED) is 0.415. The number of hydrogen-bond acceptors (Lipinski definition) is 6. The van der Waals surface area contributed by atoms with E-state index in [2.05, 4.69) is 0 Å². The van der Waals surface area contributed by atoms with E-state index in [1.165, 1.54) is 7.11 Å². The number of alkyl halides is 2. The SMILES string of the molecule is COC[C@H](N)C(=O)N(C)[C@@]1(Cc2ccc(Cl)cc2)CCCN(C(=O)[C@@H](CC(=O)OC(C)(C)C)C2CC(F)(F)C2)C1. The Bertz CT molecular complexity index is 1060. The monoisotopic (exact) mass is 585 g/mol. The van der Waals surface area contributed by atoms with Crippen molar-refractivity contribution in [2.45, 2.75) is 82.4 Å². The maximum Gasteiger partial charge on any atom is 0.307 e. The standard InChI is InChI=1S/C29H42ClF2N3O5/c1-27(2,3)40-24(36)13-22(20-15-29(31,32)16-20)25(37)35-12-6-11-28(18-35,14-19-7-9-21(30)10-8-19)34(4)26(38)23(33)17-39-5/h7-10,20,22-23H,6,11-18,33H2,1-5H3/t22-,23-,28+/m0/s1. The fourth-order valence-corrected chi connectivity index (χ4v) is 5.92. The fourth-order valence-electron chi connectivity index (χ4n) is 5.80. The van der Waals surface area contributed by atoms with E-state index in [4.69, 9.17) is 26.8 Å². The second-order valence-electron chi connectivity index (χ2n) is 12.3. The van der Waals surface area contributed by atoms with Crippen molar-refractivity contribution in [1.82, 2.24) is 9.80 Å². The Morgan fingerprint density at radius 1 is 1.20 bits per heavy atom. The van der Waals surface area contributed by atoms with E-state index in [-0.39, 0.29) is 31.4 Å². The first-order valence-electron chi connectivity index (χ1n) is 13.7. The van der Waals surface area contributed by atoms with Crippen LogP contribution in [-0.2, 0) is 30.3 Å². The third-order valence-corrected chi connectivity index (χ3v) is 8.09. The molecule has 2 fully saturated rings. The van der Waals surface area contributed by atoms with Crippen LogP contribution in [0.3, 0.4) is 0 Å². The predicted octanol–water partition coefficient (Wildman–Crippen LogP) is 4.07. The zero-order valence-corrected chi connectivity index (χ0v) is 24.8. The van der Waals surface area contributed by atoms with Crippen LogP contribution in [0.2, 0.25) is 5.02 Å². The van der Waals surface area contributed by atoms with E-state index in [1.807, 2.05) is 12.1 Å². The summed E-state index contributed by atoms with van der Waals surface area (Å²) in [6.07, 6.45) is 0.440. The molecule has 1 aromatic carbocycles. The van der Waals surface area contributed by atoms with E-state index in [0.717, 1.165) is 5.56 Å². The molecule has 1 aliphatic carbocycles. The molecule has 0 bridgehead atoms. The predicted molar refractivity (Wildman–Crippen MR) is 148 cm³/mol. The Morgan fingerprint density at radius 2 is 1.82 bits per heavy atom. The minimum atomic E-state index is -2.85. The van der Waals surface area contributed by atoms with Crippen molar-refractivity contribution in [3.05, 3.63) is 34.9 Å². The molecule has 40 heavy (non-hydrogen) atoms. The number of likely N-dealkylation sites (tertiary alicyclic amines) is 1. The van der Waals surface area contributed by atoms with Gasteiger partial charge in [0.15, 0.2) is 0 Å². The average Bonchev–Trinajstić information content (AvgIpc) is 2.85. The molecule has 11 heteroatoms. The van der Waals surface area contributed by atoms with Gasteiger partial charge in [0.2, 0.25) is 17.7 Å². The Hall–Kier alpha value is -2.30. The molecule has 224 valence electrons. The molecule has 1 aromatic rings. The first kappa shape index (κ1) is 32.2. The number of ether oxygens (including phenoxy) is 2. The fraction of sp³-hybridized carbons (Fsp3) is 0.690. The second kappa shape index (κ2) is 12.7. The number of methoxy groups -OCH3 is 1. The molecule has 1 heterocycles. The summed E-state index contributed by atoms with van der Waals surface area (Å²) in [5.74, 6) is -5.69. The number of nitrogens with zero attached hydrogens (tertiary/aromatic N) is 2. The zero-order valence-electron chi connectivity index (χ0n) is 24.1. The van der Waals surface area contributed by atoms with Gasteiger partial charge in [-0.2, -0.15) is 0 Å². The van der Waals surface area contributed by atoms with Gasteiger partial charge in [0.1, 0.15) is 11.6 Å². The number of amides is 2. The largest absolute Gasteiger partial charge is 0.460 e. The molecule has 1 saturated heterocycles. The van der Waals surface area contributed by atoms with Crippen LogP contribution in [0.25, 0.3) is 0 Å². The van der Waals surface area contributed by atoms with Crippen LogP contribution < -0.4 is 5.73 Å². The summed E-state index contributed by atoms with van der Waals surface area (Å²) in [6.45, 7) is 5.75. The Labute approximate surface area is 240 Å². The molecule has 3 rings (SSSR count). The lowest BCUT2D eigenvalue weighted by Crippen LogP contribution is -2.64. The highest BCUT2D eigenvalue weighted by Gasteiger charge is 2.52. The van der Waals surface area contributed by atoms with Crippen LogP contribution in [0, 0.1) is 11.8 Å². The molecule has 1 saturated carbocycles. The molecule has 3 atom stereocenters. The normalized spacial score (nSPS) is 22.7. The maximum absolute atomic E-state index is 14.0. The third-order valence-electron chi connectivity index (χ3n) is 7.83.